The Morgan fingerprint density at radius 3 is 2.42 bits per heavy atom. The monoisotopic (exact) mass is 269 g/mol. The van der Waals surface area contributed by atoms with E-state index in [0.29, 0.717) is 19.0 Å². The highest BCUT2D eigenvalue weighted by atomic mass is 16.2. The van der Waals surface area contributed by atoms with Crippen LogP contribution in [0.4, 0.5) is 0 Å². The summed E-state index contributed by atoms with van der Waals surface area (Å²) in [5, 5.41) is 2.79. The Kier molecular flexibility index (Phi) is 4.96. The molecule has 3 unspecified atom stereocenters. The molecule has 0 saturated carbocycles. The zero-order valence-corrected chi connectivity index (χ0v) is 12.7. The molecule has 1 aliphatic heterocycles. The Morgan fingerprint density at radius 2 is 2.00 bits per heavy atom. The highest BCUT2D eigenvalue weighted by Crippen LogP contribution is 2.23. The van der Waals surface area contributed by atoms with E-state index in [-0.39, 0.29) is 17.9 Å². The number of hydrogen-bond acceptors (Lipinski definition) is 3. The average molecular weight is 269 g/mol. The highest BCUT2D eigenvalue weighted by Gasteiger charge is 2.35. The number of carbonyl (C=O) groups excluding carboxylic acids is 2. The molecule has 19 heavy (non-hydrogen) atoms. The summed E-state index contributed by atoms with van der Waals surface area (Å²) in [5.41, 5.74) is 5.18. The van der Waals surface area contributed by atoms with Crippen LogP contribution in [0.25, 0.3) is 0 Å². The van der Waals surface area contributed by atoms with Gasteiger partial charge in [-0.3, -0.25) is 9.59 Å². The van der Waals surface area contributed by atoms with Gasteiger partial charge in [0.25, 0.3) is 0 Å². The maximum Gasteiger partial charge on any atom is 0.245 e. The number of nitrogens with zero attached hydrogens (tertiary/aromatic N) is 1. The lowest BCUT2D eigenvalue weighted by Gasteiger charge is -2.27. The minimum absolute atomic E-state index is 0.0129. The van der Waals surface area contributed by atoms with Crippen molar-refractivity contribution in [2.45, 2.75) is 53.1 Å². The molecule has 0 bridgehead atoms. The number of nitrogens with one attached hydrogen (secondary N) is 1. The molecule has 0 aliphatic carbocycles. The Bertz CT molecular complexity index is 349. The minimum atomic E-state index is -0.481. The molecule has 0 aromatic rings. The molecule has 5 nitrogen and oxygen atoms in total. The molecule has 110 valence electrons. The normalized spacial score (nSPS) is 25.3. The number of amides is 2. The Hall–Kier alpha value is -1.10. The van der Waals surface area contributed by atoms with Crippen LogP contribution in [0.15, 0.2) is 0 Å². The summed E-state index contributed by atoms with van der Waals surface area (Å²) in [6.45, 7) is 10.6. The van der Waals surface area contributed by atoms with E-state index in [2.05, 4.69) is 5.32 Å². The first-order valence-electron chi connectivity index (χ1n) is 6.98. The van der Waals surface area contributed by atoms with E-state index in [1.807, 2.05) is 32.6 Å². The van der Waals surface area contributed by atoms with Crippen LogP contribution in [-0.4, -0.2) is 41.9 Å². The fourth-order valence-corrected chi connectivity index (χ4v) is 2.34. The van der Waals surface area contributed by atoms with Crippen molar-refractivity contribution in [3.05, 3.63) is 0 Å². The summed E-state index contributed by atoms with van der Waals surface area (Å²) >= 11 is 0. The van der Waals surface area contributed by atoms with Crippen LogP contribution in [0.5, 0.6) is 0 Å². The van der Waals surface area contributed by atoms with Gasteiger partial charge in [-0.15, -0.1) is 0 Å². The van der Waals surface area contributed by atoms with Crippen molar-refractivity contribution in [2.75, 3.05) is 13.1 Å². The fraction of sp³-hybridized carbons (Fsp3) is 0.857. The van der Waals surface area contributed by atoms with Gasteiger partial charge in [0, 0.05) is 18.0 Å². The van der Waals surface area contributed by atoms with Crippen molar-refractivity contribution >= 4 is 11.8 Å². The number of likely N-dealkylation sites (tertiary alicyclic amines) is 1. The third kappa shape index (κ3) is 3.93. The van der Waals surface area contributed by atoms with Crippen LogP contribution >= 0.6 is 0 Å². The Morgan fingerprint density at radius 1 is 1.42 bits per heavy atom. The van der Waals surface area contributed by atoms with Crippen LogP contribution in [0.2, 0.25) is 0 Å². The first-order valence-corrected chi connectivity index (χ1v) is 6.98. The second-order valence-corrected chi connectivity index (χ2v) is 6.62. The van der Waals surface area contributed by atoms with E-state index >= 15 is 0 Å². The molecular weight excluding hydrogens is 242 g/mol. The lowest BCUT2D eigenvalue weighted by atomic mass is 9.95. The summed E-state index contributed by atoms with van der Waals surface area (Å²) < 4.78 is 0. The first-order chi connectivity index (χ1) is 8.66. The molecular formula is C14H27N3O2. The molecule has 1 fully saturated rings. The van der Waals surface area contributed by atoms with Crippen LogP contribution in [0, 0.1) is 11.3 Å². The second kappa shape index (κ2) is 5.90. The van der Waals surface area contributed by atoms with Gasteiger partial charge in [0.2, 0.25) is 11.8 Å². The van der Waals surface area contributed by atoms with Gasteiger partial charge in [-0.2, -0.15) is 0 Å². The van der Waals surface area contributed by atoms with Crippen molar-refractivity contribution < 1.29 is 9.59 Å². The van der Waals surface area contributed by atoms with Gasteiger partial charge in [-0.25, -0.2) is 0 Å². The van der Waals surface area contributed by atoms with Gasteiger partial charge < -0.3 is 16.0 Å². The molecule has 1 heterocycles. The summed E-state index contributed by atoms with van der Waals surface area (Å²) in [4.78, 5) is 26.1. The standard InChI is InChI=1S/C14H27N3O2/c1-9-6-11(7-15)8-17(9)12(18)10(2)16-13(19)14(3,4)5/h9-11H,6-8,15H2,1-5H3,(H,16,19). The third-order valence-electron chi connectivity index (χ3n) is 3.68. The quantitative estimate of drug-likeness (QED) is 0.793. The maximum atomic E-state index is 12.4. The minimum Gasteiger partial charge on any atom is -0.344 e. The molecule has 0 radical (unpaired) electrons. The predicted molar refractivity (Wildman–Crippen MR) is 75.4 cm³/mol. The molecule has 0 aromatic carbocycles. The van der Waals surface area contributed by atoms with Gasteiger partial charge in [0.15, 0.2) is 0 Å². The smallest absolute Gasteiger partial charge is 0.245 e. The number of rotatable bonds is 3. The Balaban J connectivity index is 2.61. The van der Waals surface area contributed by atoms with Crippen LogP contribution < -0.4 is 11.1 Å². The first kappa shape index (κ1) is 16.0. The van der Waals surface area contributed by atoms with Gasteiger partial charge in [0.05, 0.1) is 0 Å². The zero-order valence-electron chi connectivity index (χ0n) is 12.7. The van der Waals surface area contributed by atoms with Gasteiger partial charge in [-0.05, 0) is 32.7 Å². The fourth-order valence-electron chi connectivity index (χ4n) is 2.34. The third-order valence-corrected chi connectivity index (χ3v) is 3.68. The zero-order chi connectivity index (χ0) is 14.8. The summed E-state index contributed by atoms with van der Waals surface area (Å²) in [6, 6.07) is -0.277. The average Bonchev–Trinajstić information content (AvgIpc) is 2.68. The summed E-state index contributed by atoms with van der Waals surface area (Å²) in [6.07, 6.45) is 0.947. The van der Waals surface area contributed by atoms with E-state index < -0.39 is 11.5 Å². The molecule has 0 spiro atoms. The topological polar surface area (TPSA) is 75.4 Å². The number of nitrogens with two attached hydrogens (primary N) is 1. The number of hydrogen-bond donors (Lipinski definition) is 2. The van der Waals surface area contributed by atoms with Crippen LogP contribution in [0.1, 0.15) is 41.0 Å². The molecule has 3 N–H and O–H groups in total. The van der Waals surface area contributed by atoms with Crippen LogP contribution in [-0.2, 0) is 9.59 Å². The van der Waals surface area contributed by atoms with Gasteiger partial charge in [-0.1, -0.05) is 20.8 Å². The summed E-state index contributed by atoms with van der Waals surface area (Å²) in [5.74, 6) is 0.265. The van der Waals surface area contributed by atoms with Crippen molar-refractivity contribution in [1.82, 2.24) is 10.2 Å². The Labute approximate surface area is 115 Å². The van der Waals surface area contributed by atoms with Gasteiger partial charge >= 0.3 is 0 Å². The van der Waals surface area contributed by atoms with Crippen molar-refractivity contribution in [1.29, 1.82) is 0 Å². The van der Waals surface area contributed by atoms with E-state index in [4.69, 9.17) is 5.73 Å². The SMILES string of the molecule is CC(NC(=O)C(C)(C)C)C(=O)N1CC(CN)CC1C. The molecule has 1 saturated heterocycles. The molecule has 1 aliphatic rings. The van der Waals surface area contributed by atoms with Gasteiger partial charge in [0.1, 0.15) is 6.04 Å². The van der Waals surface area contributed by atoms with Crippen molar-refractivity contribution in [3.63, 3.8) is 0 Å². The van der Waals surface area contributed by atoms with E-state index in [0.717, 1.165) is 6.42 Å². The second-order valence-electron chi connectivity index (χ2n) is 6.62. The molecule has 0 aromatic heterocycles. The van der Waals surface area contributed by atoms with E-state index in [1.165, 1.54) is 0 Å². The molecule has 2 amide bonds. The predicted octanol–water partition coefficient (Wildman–Crippen LogP) is 0.733. The molecule has 3 atom stereocenters. The summed E-state index contributed by atoms with van der Waals surface area (Å²) in [7, 11) is 0. The van der Waals surface area contributed by atoms with E-state index in [1.54, 1.807) is 6.92 Å². The maximum absolute atomic E-state index is 12.4. The van der Waals surface area contributed by atoms with E-state index in [9.17, 15) is 9.59 Å². The number of carbonyl (C=O) groups is 2. The highest BCUT2D eigenvalue weighted by molar-refractivity contribution is 5.89. The lowest BCUT2D eigenvalue weighted by molar-refractivity contribution is -0.138. The lowest BCUT2D eigenvalue weighted by Crippen LogP contribution is -2.50. The molecule has 1 rings (SSSR count). The van der Waals surface area contributed by atoms with Crippen molar-refractivity contribution in [3.8, 4) is 0 Å². The largest absolute Gasteiger partial charge is 0.344 e. The molecule has 5 heteroatoms. The van der Waals surface area contributed by atoms with Crippen molar-refractivity contribution in [2.24, 2.45) is 17.1 Å². The van der Waals surface area contributed by atoms with Crippen LogP contribution in [0.3, 0.4) is 0 Å².